The van der Waals surface area contributed by atoms with Crippen LogP contribution in [0.2, 0.25) is 0 Å². The van der Waals surface area contributed by atoms with Crippen molar-refractivity contribution in [2.45, 2.75) is 45.2 Å². The molecule has 1 aromatic heterocycles. The Kier molecular flexibility index (Phi) is 3.74. The van der Waals surface area contributed by atoms with Crippen molar-refractivity contribution in [3.05, 3.63) is 24.0 Å². The summed E-state index contributed by atoms with van der Waals surface area (Å²) in [5, 5.41) is 12.4. The molecule has 0 aromatic carbocycles. The van der Waals surface area contributed by atoms with Crippen LogP contribution in [0.25, 0.3) is 0 Å². The zero-order chi connectivity index (χ0) is 15.0. The van der Waals surface area contributed by atoms with E-state index in [9.17, 15) is 14.7 Å². The maximum atomic E-state index is 12.5. The largest absolute Gasteiger partial charge is 0.481 e. The van der Waals surface area contributed by atoms with Crippen molar-refractivity contribution in [1.82, 2.24) is 9.88 Å². The summed E-state index contributed by atoms with van der Waals surface area (Å²) >= 11 is 0. The van der Waals surface area contributed by atoms with Gasteiger partial charge in [0.2, 0.25) is 0 Å². The van der Waals surface area contributed by atoms with Crippen molar-refractivity contribution in [2.24, 2.45) is 17.8 Å². The highest BCUT2D eigenvalue weighted by molar-refractivity contribution is 5.93. The number of hydrogen-bond acceptors (Lipinski definition) is 2. The van der Waals surface area contributed by atoms with Crippen LogP contribution in [0.4, 0.5) is 0 Å². The summed E-state index contributed by atoms with van der Waals surface area (Å²) in [6.07, 6.45) is 5.82. The van der Waals surface area contributed by atoms with Gasteiger partial charge in [0.05, 0.1) is 5.92 Å². The van der Waals surface area contributed by atoms with Gasteiger partial charge in [0.1, 0.15) is 5.69 Å². The first-order chi connectivity index (χ1) is 10.1. The molecule has 1 heterocycles. The van der Waals surface area contributed by atoms with E-state index in [1.807, 2.05) is 16.8 Å². The minimum Gasteiger partial charge on any atom is -0.481 e. The van der Waals surface area contributed by atoms with Gasteiger partial charge in [0, 0.05) is 18.8 Å². The number of amides is 1. The third kappa shape index (κ3) is 2.45. The topological polar surface area (TPSA) is 71.3 Å². The number of nitrogens with one attached hydrogen (secondary N) is 1. The van der Waals surface area contributed by atoms with Gasteiger partial charge >= 0.3 is 5.97 Å². The first kappa shape index (κ1) is 14.2. The zero-order valence-electron chi connectivity index (χ0n) is 12.3. The molecule has 2 aliphatic rings. The Morgan fingerprint density at radius 2 is 2.14 bits per heavy atom. The summed E-state index contributed by atoms with van der Waals surface area (Å²) in [6.45, 7) is 2.87. The van der Waals surface area contributed by atoms with Crippen LogP contribution in [0, 0.1) is 17.8 Å². The molecule has 2 saturated carbocycles. The third-order valence-corrected chi connectivity index (χ3v) is 5.03. The maximum Gasteiger partial charge on any atom is 0.308 e. The number of carboxylic acids is 1. The second-order valence-electron chi connectivity index (χ2n) is 6.28. The van der Waals surface area contributed by atoms with E-state index in [0.717, 1.165) is 32.2 Å². The van der Waals surface area contributed by atoms with Gasteiger partial charge in [-0.1, -0.05) is 6.92 Å². The van der Waals surface area contributed by atoms with Crippen molar-refractivity contribution in [3.63, 3.8) is 0 Å². The molecule has 2 bridgehead atoms. The fourth-order valence-electron chi connectivity index (χ4n) is 4.14. The van der Waals surface area contributed by atoms with E-state index < -0.39 is 11.9 Å². The molecule has 0 saturated heterocycles. The zero-order valence-corrected chi connectivity index (χ0v) is 12.3. The van der Waals surface area contributed by atoms with Gasteiger partial charge in [-0.15, -0.1) is 0 Å². The SMILES string of the molecule is CCCn1cccc1C(=O)NC1C2CCC(C2)C1C(=O)O. The lowest BCUT2D eigenvalue weighted by atomic mass is 9.84. The average Bonchev–Trinajstić information content (AvgIpc) is 3.13. The Balaban J connectivity index is 1.75. The van der Waals surface area contributed by atoms with E-state index in [-0.39, 0.29) is 17.9 Å². The summed E-state index contributed by atoms with van der Waals surface area (Å²) in [6, 6.07) is 3.45. The van der Waals surface area contributed by atoms with E-state index in [1.54, 1.807) is 6.07 Å². The summed E-state index contributed by atoms with van der Waals surface area (Å²) in [5.41, 5.74) is 0.628. The Morgan fingerprint density at radius 1 is 1.38 bits per heavy atom. The molecule has 5 nitrogen and oxygen atoms in total. The van der Waals surface area contributed by atoms with E-state index in [1.165, 1.54) is 0 Å². The van der Waals surface area contributed by atoms with Gasteiger partial charge in [-0.05, 0) is 49.7 Å². The molecular weight excluding hydrogens is 268 g/mol. The number of carbonyl (C=O) groups is 2. The van der Waals surface area contributed by atoms with Gasteiger partial charge in [-0.25, -0.2) is 0 Å². The Labute approximate surface area is 124 Å². The van der Waals surface area contributed by atoms with Gasteiger partial charge in [0.25, 0.3) is 5.91 Å². The molecule has 2 N–H and O–H groups in total. The Morgan fingerprint density at radius 3 is 2.86 bits per heavy atom. The number of carbonyl (C=O) groups excluding carboxylic acids is 1. The molecule has 5 heteroatoms. The number of aliphatic carboxylic acids is 1. The molecule has 0 aliphatic heterocycles. The van der Waals surface area contributed by atoms with E-state index in [2.05, 4.69) is 12.2 Å². The highest BCUT2D eigenvalue weighted by Crippen LogP contribution is 2.48. The van der Waals surface area contributed by atoms with Crippen molar-refractivity contribution in [3.8, 4) is 0 Å². The van der Waals surface area contributed by atoms with Crippen LogP contribution in [-0.4, -0.2) is 27.6 Å². The molecule has 1 aromatic rings. The molecule has 0 radical (unpaired) electrons. The summed E-state index contributed by atoms with van der Waals surface area (Å²) in [7, 11) is 0. The monoisotopic (exact) mass is 290 g/mol. The van der Waals surface area contributed by atoms with Crippen molar-refractivity contribution < 1.29 is 14.7 Å². The molecule has 114 valence electrons. The first-order valence-corrected chi connectivity index (χ1v) is 7.80. The lowest BCUT2D eigenvalue weighted by molar-refractivity contribution is -0.144. The van der Waals surface area contributed by atoms with Gasteiger partial charge in [0.15, 0.2) is 0 Å². The van der Waals surface area contributed by atoms with Crippen molar-refractivity contribution in [2.75, 3.05) is 0 Å². The summed E-state index contributed by atoms with van der Waals surface area (Å²) < 4.78 is 1.93. The van der Waals surface area contributed by atoms with Crippen LogP contribution in [0.3, 0.4) is 0 Å². The molecule has 4 atom stereocenters. The first-order valence-electron chi connectivity index (χ1n) is 7.80. The molecule has 21 heavy (non-hydrogen) atoms. The number of carboxylic acid groups (broad SMARTS) is 1. The smallest absolute Gasteiger partial charge is 0.308 e. The molecule has 3 rings (SSSR count). The molecule has 2 fully saturated rings. The minimum absolute atomic E-state index is 0.141. The van der Waals surface area contributed by atoms with Gasteiger partial charge in [-0.2, -0.15) is 0 Å². The average molecular weight is 290 g/mol. The number of aromatic nitrogens is 1. The highest BCUT2D eigenvalue weighted by atomic mass is 16.4. The number of nitrogens with zero attached hydrogens (tertiary/aromatic N) is 1. The Bertz CT molecular complexity index is 551. The summed E-state index contributed by atoms with van der Waals surface area (Å²) in [4.78, 5) is 24.0. The van der Waals surface area contributed by atoms with E-state index in [4.69, 9.17) is 0 Å². The van der Waals surface area contributed by atoms with Crippen LogP contribution in [-0.2, 0) is 11.3 Å². The number of fused-ring (bicyclic) bond motifs is 2. The number of hydrogen-bond donors (Lipinski definition) is 2. The second-order valence-corrected chi connectivity index (χ2v) is 6.28. The van der Waals surface area contributed by atoms with E-state index in [0.29, 0.717) is 11.6 Å². The fraction of sp³-hybridized carbons (Fsp3) is 0.625. The highest BCUT2D eigenvalue weighted by Gasteiger charge is 2.51. The number of aryl methyl sites for hydroxylation is 1. The van der Waals surface area contributed by atoms with Crippen LogP contribution in [0.5, 0.6) is 0 Å². The minimum atomic E-state index is -0.767. The molecular formula is C16H22N2O3. The fourth-order valence-corrected chi connectivity index (χ4v) is 4.14. The van der Waals surface area contributed by atoms with Gasteiger partial charge < -0.3 is 15.0 Å². The normalized spacial score (nSPS) is 30.5. The lowest BCUT2D eigenvalue weighted by Crippen LogP contribution is -2.47. The second kappa shape index (κ2) is 5.54. The van der Waals surface area contributed by atoms with Crippen LogP contribution in [0.1, 0.15) is 43.1 Å². The summed E-state index contributed by atoms with van der Waals surface area (Å²) in [5.74, 6) is -0.758. The molecule has 2 aliphatic carbocycles. The predicted octanol–water partition coefficient (Wildman–Crippen LogP) is 2.13. The lowest BCUT2D eigenvalue weighted by Gasteiger charge is -2.29. The molecule has 0 spiro atoms. The molecule has 4 unspecified atom stereocenters. The standard InChI is InChI=1S/C16H22N2O3/c1-2-7-18-8-3-4-12(18)15(19)17-14-11-6-5-10(9-11)13(14)16(20)21/h3-4,8,10-11,13-14H,2,5-7,9H2,1H3,(H,17,19)(H,20,21). The Hall–Kier alpha value is -1.78. The third-order valence-electron chi connectivity index (χ3n) is 5.03. The quantitative estimate of drug-likeness (QED) is 0.872. The van der Waals surface area contributed by atoms with Crippen molar-refractivity contribution in [1.29, 1.82) is 0 Å². The van der Waals surface area contributed by atoms with Crippen LogP contribution < -0.4 is 5.32 Å². The maximum absolute atomic E-state index is 12.5. The van der Waals surface area contributed by atoms with Gasteiger partial charge in [-0.3, -0.25) is 9.59 Å². The van der Waals surface area contributed by atoms with Crippen LogP contribution in [0.15, 0.2) is 18.3 Å². The number of rotatable bonds is 5. The van der Waals surface area contributed by atoms with Crippen molar-refractivity contribution >= 4 is 11.9 Å². The molecule has 1 amide bonds. The van der Waals surface area contributed by atoms with E-state index >= 15 is 0 Å². The van der Waals surface area contributed by atoms with Crippen LogP contribution >= 0.6 is 0 Å². The predicted molar refractivity (Wildman–Crippen MR) is 77.9 cm³/mol.